The van der Waals surface area contributed by atoms with E-state index in [1.54, 1.807) is 31.2 Å². The SMILES string of the molecule is CO[C@@H]1CN(C)C(=O)c2ccc(NC(=O)Nc3cc(F)ccc3F)cc2OC[C@@H](C)N(C)C[C@@H]1C. The number of likely N-dealkylation sites (N-methyl/N-ethyl adjacent to an activating group) is 2. The summed E-state index contributed by atoms with van der Waals surface area (Å²) in [5.74, 6) is -1.19. The van der Waals surface area contributed by atoms with Crippen LogP contribution in [-0.4, -0.2) is 74.8 Å². The second-order valence-corrected chi connectivity index (χ2v) is 8.95. The minimum absolute atomic E-state index is 0.0472. The Balaban J connectivity index is 1.84. The molecule has 0 saturated carbocycles. The largest absolute Gasteiger partial charge is 0.491 e. The summed E-state index contributed by atoms with van der Waals surface area (Å²) in [6.07, 6.45) is -0.143. The first kappa shape index (κ1) is 26.4. The number of carbonyl (C=O) groups excluding carboxylic acids is 2. The summed E-state index contributed by atoms with van der Waals surface area (Å²) in [6, 6.07) is 6.71. The lowest BCUT2D eigenvalue weighted by Gasteiger charge is -2.34. The predicted octanol–water partition coefficient (Wildman–Crippen LogP) is 4.04. The maximum atomic E-state index is 13.9. The minimum Gasteiger partial charge on any atom is -0.491 e. The van der Waals surface area contributed by atoms with Gasteiger partial charge in [0, 0.05) is 51.1 Å². The van der Waals surface area contributed by atoms with Crippen LogP contribution in [0.2, 0.25) is 0 Å². The van der Waals surface area contributed by atoms with Crippen molar-refractivity contribution in [2.75, 3.05) is 51.5 Å². The number of hydrogen-bond acceptors (Lipinski definition) is 5. The molecular weight excluding hydrogens is 458 g/mol. The van der Waals surface area contributed by atoms with Gasteiger partial charge in [-0.15, -0.1) is 0 Å². The zero-order valence-corrected chi connectivity index (χ0v) is 20.6. The van der Waals surface area contributed by atoms with E-state index in [4.69, 9.17) is 9.47 Å². The molecule has 3 atom stereocenters. The molecular formula is C25H32F2N4O4. The molecule has 0 unspecified atom stereocenters. The number of methoxy groups -OCH3 is 1. The second kappa shape index (κ2) is 11.5. The fraction of sp³-hybridized carbons (Fsp3) is 0.440. The molecule has 3 amide bonds. The normalized spacial score (nSPS) is 21.9. The number of nitrogens with one attached hydrogen (secondary N) is 2. The Hall–Kier alpha value is -3.24. The Bertz CT molecular complexity index is 1070. The highest BCUT2D eigenvalue weighted by molar-refractivity contribution is 6.01. The third-order valence-corrected chi connectivity index (χ3v) is 6.19. The van der Waals surface area contributed by atoms with Crippen molar-refractivity contribution in [3.63, 3.8) is 0 Å². The number of nitrogens with zero attached hydrogens (tertiary/aromatic N) is 2. The number of rotatable bonds is 3. The Morgan fingerprint density at radius 1 is 1.09 bits per heavy atom. The summed E-state index contributed by atoms with van der Waals surface area (Å²) in [4.78, 5) is 29.4. The van der Waals surface area contributed by atoms with Crippen molar-refractivity contribution in [2.24, 2.45) is 5.92 Å². The lowest BCUT2D eigenvalue weighted by atomic mass is 10.0. The van der Waals surface area contributed by atoms with Crippen LogP contribution in [0.4, 0.5) is 25.0 Å². The van der Waals surface area contributed by atoms with Crippen LogP contribution in [0.15, 0.2) is 36.4 Å². The highest BCUT2D eigenvalue weighted by Gasteiger charge is 2.27. The van der Waals surface area contributed by atoms with Gasteiger partial charge in [0.05, 0.1) is 17.4 Å². The number of halogens is 2. The zero-order valence-electron chi connectivity index (χ0n) is 20.6. The molecule has 0 radical (unpaired) electrons. The molecule has 0 fully saturated rings. The average Bonchev–Trinajstić information content (AvgIpc) is 2.81. The number of hydrogen-bond donors (Lipinski definition) is 2. The van der Waals surface area contributed by atoms with Gasteiger partial charge >= 0.3 is 6.03 Å². The molecule has 2 aromatic carbocycles. The first-order valence-corrected chi connectivity index (χ1v) is 11.4. The maximum absolute atomic E-state index is 13.9. The maximum Gasteiger partial charge on any atom is 0.323 e. The fourth-order valence-electron chi connectivity index (χ4n) is 3.91. The Labute approximate surface area is 204 Å². The average molecular weight is 491 g/mol. The highest BCUT2D eigenvalue weighted by atomic mass is 19.1. The molecule has 1 heterocycles. The van der Waals surface area contributed by atoms with Crippen LogP contribution in [0.1, 0.15) is 24.2 Å². The number of ether oxygens (including phenoxy) is 2. The highest BCUT2D eigenvalue weighted by Crippen LogP contribution is 2.27. The number of anilines is 2. The molecule has 0 bridgehead atoms. The summed E-state index contributed by atoms with van der Waals surface area (Å²) in [6.45, 7) is 5.59. The molecule has 1 aliphatic heterocycles. The molecule has 190 valence electrons. The van der Waals surface area contributed by atoms with E-state index in [1.165, 1.54) is 6.07 Å². The van der Waals surface area contributed by atoms with E-state index in [9.17, 15) is 18.4 Å². The van der Waals surface area contributed by atoms with Gasteiger partial charge in [-0.3, -0.25) is 9.69 Å². The molecule has 1 aliphatic rings. The van der Waals surface area contributed by atoms with Gasteiger partial charge in [0.2, 0.25) is 0 Å². The summed E-state index contributed by atoms with van der Waals surface area (Å²) < 4.78 is 38.9. The third-order valence-electron chi connectivity index (χ3n) is 6.19. The molecule has 3 rings (SSSR count). The van der Waals surface area contributed by atoms with E-state index in [1.807, 2.05) is 14.0 Å². The summed E-state index contributed by atoms with van der Waals surface area (Å²) in [7, 11) is 5.35. The van der Waals surface area contributed by atoms with Crippen molar-refractivity contribution in [1.82, 2.24) is 9.80 Å². The molecule has 0 saturated heterocycles. The number of benzene rings is 2. The number of fused-ring (bicyclic) bond motifs is 1. The number of carbonyl (C=O) groups is 2. The molecule has 35 heavy (non-hydrogen) atoms. The molecule has 0 aliphatic carbocycles. The molecule has 2 aromatic rings. The van der Waals surface area contributed by atoms with Crippen molar-refractivity contribution in [2.45, 2.75) is 26.0 Å². The number of amides is 3. The van der Waals surface area contributed by atoms with Gasteiger partial charge in [-0.25, -0.2) is 13.6 Å². The van der Waals surface area contributed by atoms with Crippen molar-refractivity contribution >= 4 is 23.3 Å². The van der Waals surface area contributed by atoms with Gasteiger partial charge in [0.1, 0.15) is 24.0 Å². The molecule has 0 aromatic heterocycles. The molecule has 0 spiro atoms. The van der Waals surface area contributed by atoms with Gasteiger partial charge in [-0.1, -0.05) is 6.92 Å². The van der Waals surface area contributed by atoms with Crippen LogP contribution in [0.5, 0.6) is 5.75 Å². The van der Waals surface area contributed by atoms with Gasteiger partial charge < -0.3 is 25.0 Å². The van der Waals surface area contributed by atoms with Crippen LogP contribution in [-0.2, 0) is 4.74 Å². The lowest BCUT2D eigenvalue weighted by molar-refractivity contribution is 0.0150. The van der Waals surface area contributed by atoms with E-state index in [2.05, 4.69) is 22.5 Å². The van der Waals surface area contributed by atoms with E-state index in [0.29, 0.717) is 30.2 Å². The van der Waals surface area contributed by atoms with E-state index < -0.39 is 17.7 Å². The van der Waals surface area contributed by atoms with Gasteiger partial charge in [0.15, 0.2) is 0 Å². The van der Waals surface area contributed by atoms with Crippen molar-refractivity contribution < 1.29 is 27.8 Å². The predicted molar refractivity (Wildman–Crippen MR) is 130 cm³/mol. The van der Waals surface area contributed by atoms with E-state index in [-0.39, 0.29) is 29.7 Å². The summed E-state index contributed by atoms with van der Waals surface area (Å²) >= 11 is 0. The third kappa shape index (κ3) is 6.67. The standard InChI is InChI=1S/C25H32F2N4O4/c1-15-12-30(3)16(2)14-35-22-11-18(7-8-19(22)24(32)31(4)13-23(15)34-5)28-25(33)29-21-10-17(26)6-9-20(21)27/h6-11,15-16,23H,12-14H2,1-5H3,(H2,28,29,33)/t15-,16+,23+/m0/s1. The summed E-state index contributed by atoms with van der Waals surface area (Å²) in [5, 5.41) is 4.84. The molecule has 8 nitrogen and oxygen atoms in total. The van der Waals surface area contributed by atoms with Gasteiger partial charge in [-0.05, 0) is 44.2 Å². The van der Waals surface area contributed by atoms with Crippen LogP contribution < -0.4 is 15.4 Å². The van der Waals surface area contributed by atoms with Crippen molar-refractivity contribution in [3.8, 4) is 5.75 Å². The monoisotopic (exact) mass is 490 g/mol. The van der Waals surface area contributed by atoms with Crippen molar-refractivity contribution in [1.29, 1.82) is 0 Å². The first-order valence-electron chi connectivity index (χ1n) is 11.4. The quantitative estimate of drug-likeness (QED) is 0.679. The van der Waals surface area contributed by atoms with Crippen molar-refractivity contribution in [3.05, 3.63) is 53.6 Å². The van der Waals surface area contributed by atoms with Crippen LogP contribution in [0.3, 0.4) is 0 Å². The molecule has 10 heteroatoms. The van der Waals surface area contributed by atoms with Crippen LogP contribution in [0, 0.1) is 17.6 Å². The zero-order chi connectivity index (χ0) is 25.7. The van der Waals surface area contributed by atoms with Gasteiger partial charge in [-0.2, -0.15) is 0 Å². The molecule has 2 N–H and O–H groups in total. The Kier molecular flexibility index (Phi) is 8.63. The Morgan fingerprint density at radius 2 is 1.83 bits per heavy atom. The fourth-order valence-corrected chi connectivity index (χ4v) is 3.91. The smallest absolute Gasteiger partial charge is 0.323 e. The minimum atomic E-state index is -0.768. The summed E-state index contributed by atoms with van der Waals surface area (Å²) in [5.41, 5.74) is 0.373. The topological polar surface area (TPSA) is 83.1 Å². The van der Waals surface area contributed by atoms with Gasteiger partial charge in [0.25, 0.3) is 5.91 Å². The van der Waals surface area contributed by atoms with E-state index >= 15 is 0 Å². The van der Waals surface area contributed by atoms with Crippen LogP contribution >= 0.6 is 0 Å². The number of urea groups is 1. The second-order valence-electron chi connectivity index (χ2n) is 8.95. The first-order chi connectivity index (χ1) is 16.6. The van der Waals surface area contributed by atoms with E-state index in [0.717, 1.165) is 24.7 Å². The Morgan fingerprint density at radius 3 is 2.54 bits per heavy atom. The van der Waals surface area contributed by atoms with Crippen LogP contribution in [0.25, 0.3) is 0 Å². The lowest BCUT2D eigenvalue weighted by Crippen LogP contribution is -2.45.